The summed E-state index contributed by atoms with van der Waals surface area (Å²) in [6.45, 7) is 12.9. The molecular weight excluding hydrogens is 2010 g/mol. The van der Waals surface area contributed by atoms with Gasteiger partial charge in [0, 0.05) is 71.8 Å². The minimum absolute atomic E-state index is 0.0388. The summed E-state index contributed by atoms with van der Waals surface area (Å²) in [7, 11) is -4.19. The van der Waals surface area contributed by atoms with E-state index in [9.17, 15) is 71.7 Å². The smallest absolute Gasteiger partial charge is 0.170 e. The molecule has 8 atom stereocenters. The first-order chi connectivity index (χ1) is 70.6. The number of ether oxygens (including phenoxy) is 8. The fourth-order valence-electron chi connectivity index (χ4n) is 15.5. The van der Waals surface area contributed by atoms with Gasteiger partial charge in [0.25, 0.3) is 0 Å². The molecule has 16 rings (SSSR count). The van der Waals surface area contributed by atoms with Crippen molar-refractivity contribution < 1.29 is 110 Å². The van der Waals surface area contributed by atoms with Crippen molar-refractivity contribution in [1.29, 1.82) is 0 Å². The van der Waals surface area contributed by atoms with E-state index in [4.69, 9.17) is 37.9 Å². The Kier molecular flexibility index (Phi) is 35.3. The zero-order valence-corrected chi connectivity index (χ0v) is 85.9. The molecule has 4 aromatic carbocycles. The maximum atomic E-state index is 13.5. The Morgan fingerprint density at radius 1 is 0.264 bits per heavy atom. The molecule has 0 aliphatic rings. The fraction of sp³-hybridized carbons (Fsp3) is 0.280. The summed E-state index contributed by atoms with van der Waals surface area (Å²) in [4.78, 5) is 32.2. The molecule has 4 N–H and O–H groups in total. The Morgan fingerprint density at radius 2 is 0.439 bits per heavy atom. The second-order valence-corrected chi connectivity index (χ2v) is 43.0. The monoisotopic (exact) mass is 2110 g/mol. The average Bonchev–Trinajstić information content (AvgIpc) is 1.61. The lowest BCUT2D eigenvalue weighted by atomic mass is 10.2. The zero-order chi connectivity index (χ0) is 107. The number of sulfone groups is 4. The summed E-state index contributed by atoms with van der Waals surface area (Å²) >= 11 is 0. The Morgan fingerprint density at radius 3 is 0.588 bits per heavy atom. The normalized spacial score (nSPS) is 13.2. The van der Waals surface area contributed by atoms with Crippen molar-refractivity contribution >= 4 is 39.3 Å². The summed E-state index contributed by atoms with van der Waals surface area (Å²) in [5, 5.41) is 71.7. The third-order valence-electron chi connectivity index (χ3n) is 23.5. The van der Waals surface area contributed by atoms with Gasteiger partial charge in [0.15, 0.2) is 85.9 Å². The highest BCUT2D eigenvalue weighted by Crippen LogP contribution is 2.44. The van der Waals surface area contributed by atoms with Crippen molar-refractivity contribution in [2.75, 3.05) is 56.9 Å². The van der Waals surface area contributed by atoms with E-state index in [1.807, 2.05) is 52.0 Å². The molecule has 48 heteroatoms. The summed E-state index contributed by atoms with van der Waals surface area (Å²) in [6, 6.07) is 37.4. The van der Waals surface area contributed by atoms with Crippen LogP contribution in [0.5, 0.6) is 46.0 Å². The van der Waals surface area contributed by atoms with Crippen LogP contribution < -0.4 is 37.9 Å². The minimum atomic E-state index is -4.02. The molecule has 16 aromatic rings. The molecule has 0 saturated heterocycles. The van der Waals surface area contributed by atoms with E-state index >= 15 is 0 Å². The van der Waals surface area contributed by atoms with Crippen LogP contribution in [0.4, 0.5) is 17.6 Å². The van der Waals surface area contributed by atoms with Gasteiger partial charge in [-0.2, -0.15) is 0 Å². The largest absolute Gasteiger partial charge is 0.494 e. The molecule has 0 saturated carbocycles. The number of hydrogen-bond donors (Lipinski definition) is 4. The summed E-state index contributed by atoms with van der Waals surface area (Å²) in [6.07, 6.45) is 10.9. The number of aliphatic hydroxyl groups excluding tert-OH is 4. The summed E-state index contributed by atoms with van der Waals surface area (Å²) < 4.78 is 211. The average molecular weight is 2110 g/mol. The third kappa shape index (κ3) is 24.9. The van der Waals surface area contributed by atoms with Crippen molar-refractivity contribution in [1.82, 2.24) is 98.9 Å². The van der Waals surface area contributed by atoms with Gasteiger partial charge in [-0.25, -0.2) is 51.2 Å². The lowest BCUT2D eigenvalue weighted by molar-refractivity contribution is 0.170. The van der Waals surface area contributed by atoms with Gasteiger partial charge in [0.2, 0.25) is 0 Å². The van der Waals surface area contributed by atoms with E-state index in [2.05, 4.69) is 80.7 Å². The lowest BCUT2D eigenvalue weighted by Crippen LogP contribution is -2.28. The van der Waals surface area contributed by atoms with Crippen LogP contribution >= 0.6 is 0 Å². The number of para-hydroxylation sites is 4. The Balaban J connectivity index is 0.000000165. The standard InChI is InChI=1S/4C25H26FN5O5S/c4*1-15-10-17(12-27-11-15)25-30-29-22(31(25)23-20(35-3)6-5-7-21(23)36-4)14-37(33,34)16(2)24(32)19-9-8-18(26)13-28-19/h4*5-13,16,24,32H,14H2,1-4H3/t2*16-,24+;2*16-,24-/m1010/s1. The van der Waals surface area contributed by atoms with E-state index in [0.29, 0.717) is 114 Å². The van der Waals surface area contributed by atoms with Crippen molar-refractivity contribution in [3.05, 3.63) is 312 Å². The van der Waals surface area contributed by atoms with Crippen LogP contribution in [0.1, 0.15) is 120 Å². The molecule has 0 radical (unpaired) electrons. The van der Waals surface area contributed by atoms with Crippen molar-refractivity contribution in [2.24, 2.45) is 0 Å². The van der Waals surface area contributed by atoms with Gasteiger partial charge < -0.3 is 58.3 Å². The van der Waals surface area contributed by atoms with E-state index in [1.54, 1.807) is 141 Å². The summed E-state index contributed by atoms with van der Waals surface area (Å²) in [5.41, 5.74) is 7.70. The molecule has 12 heterocycles. The molecule has 0 amide bonds. The molecule has 0 bridgehead atoms. The Bertz CT molecular complexity index is 6860. The van der Waals surface area contributed by atoms with Crippen LogP contribution in [-0.4, -0.2) is 231 Å². The van der Waals surface area contributed by atoms with E-state index in [-0.39, 0.29) is 46.1 Å². The number of pyridine rings is 8. The number of hydrogen-bond acceptors (Lipinski definition) is 36. The van der Waals surface area contributed by atoms with Crippen LogP contribution in [-0.2, 0) is 62.4 Å². The highest BCUT2D eigenvalue weighted by atomic mass is 32.2. The van der Waals surface area contributed by atoms with Gasteiger partial charge in [-0.1, -0.05) is 24.3 Å². The highest BCUT2D eigenvalue weighted by Gasteiger charge is 2.40. The molecule has 0 aliphatic carbocycles. The van der Waals surface area contributed by atoms with Crippen LogP contribution in [0.3, 0.4) is 0 Å². The zero-order valence-electron chi connectivity index (χ0n) is 82.6. The first-order valence-electron chi connectivity index (χ1n) is 45.0. The van der Waals surface area contributed by atoms with Gasteiger partial charge in [0.1, 0.15) is 139 Å². The first kappa shape index (κ1) is 110. The number of rotatable bonds is 36. The molecule has 0 spiro atoms. The highest BCUT2D eigenvalue weighted by molar-refractivity contribution is 7.92. The predicted molar refractivity (Wildman–Crippen MR) is 535 cm³/mol. The van der Waals surface area contributed by atoms with E-state index < -0.39 is 131 Å². The molecule has 12 aromatic heterocycles. The molecule has 0 fully saturated rings. The van der Waals surface area contributed by atoms with Gasteiger partial charge in [-0.05, 0) is 199 Å². The Hall–Kier alpha value is -15.6. The Labute approximate surface area is 849 Å². The number of methoxy groups -OCH3 is 8. The quantitative estimate of drug-likeness (QED) is 0.0265. The molecule has 40 nitrogen and oxygen atoms in total. The third-order valence-corrected chi connectivity index (χ3v) is 31.7. The van der Waals surface area contributed by atoms with Crippen molar-refractivity contribution in [3.63, 3.8) is 0 Å². The second-order valence-electron chi connectivity index (χ2n) is 33.6. The van der Waals surface area contributed by atoms with Crippen LogP contribution in [0, 0.1) is 51.0 Å². The number of nitrogens with zero attached hydrogens (tertiary/aromatic N) is 20. The van der Waals surface area contributed by atoms with Crippen LogP contribution in [0.15, 0.2) is 220 Å². The maximum absolute atomic E-state index is 13.5. The number of halogens is 4. The number of aryl methyl sites for hydroxylation is 4. The maximum Gasteiger partial charge on any atom is 0.170 e. The van der Waals surface area contributed by atoms with Gasteiger partial charge in [-0.3, -0.25) is 58.1 Å². The lowest BCUT2D eigenvalue weighted by Gasteiger charge is -2.20. The second kappa shape index (κ2) is 47.7. The molecule has 0 aliphatic heterocycles. The molecular formula is C100H104F4N20O20S4. The predicted octanol–water partition coefficient (Wildman–Crippen LogP) is 12.9. The van der Waals surface area contributed by atoms with E-state index in [0.717, 1.165) is 71.3 Å². The number of benzene rings is 4. The topological polar surface area (TPSA) is 517 Å². The molecule has 148 heavy (non-hydrogen) atoms. The fourth-order valence-corrected chi connectivity index (χ4v) is 20.9. The minimum Gasteiger partial charge on any atom is -0.494 e. The SMILES string of the molecule is COc1cccc(OC)c1-n1c(CS(=O)(=O)[C@@H](C)[C@@H](O)c2ccc(F)cn2)nnc1-c1cncc(C)c1.COc1cccc(OC)c1-n1c(CS(=O)(=O)[C@@H](C)[C@H](O)c2ccc(F)cn2)nnc1-c1cncc(C)c1.COc1cccc(OC)c1-n1c(CS(=O)(=O)[C@H](C)[C@@H](O)c2ccc(F)cn2)nnc1-c1cncc(C)c1.COc1cccc(OC)c1-n1c(CS(=O)(=O)[C@H](C)[C@H](O)c2ccc(F)cn2)nnc1-c1cncc(C)c1. The molecule has 776 valence electrons. The van der Waals surface area contributed by atoms with Gasteiger partial charge in [0.05, 0.1) is 125 Å². The number of aromatic nitrogens is 20. The van der Waals surface area contributed by atoms with Crippen molar-refractivity contribution in [3.8, 4) is 114 Å². The first-order valence-corrected chi connectivity index (χ1v) is 51.8. The van der Waals surface area contributed by atoms with Gasteiger partial charge >= 0.3 is 0 Å². The van der Waals surface area contributed by atoms with Crippen LogP contribution in [0.2, 0.25) is 0 Å². The summed E-state index contributed by atoms with van der Waals surface area (Å²) in [5.74, 6) is 0.214. The van der Waals surface area contributed by atoms with Crippen LogP contribution in [0.25, 0.3) is 68.3 Å². The van der Waals surface area contributed by atoms with E-state index in [1.165, 1.54) is 109 Å². The van der Waals surface area contributed by atoms with Gasteiger partial charge in [-0.15, -0.1) is 40.8 Å². The molecule has 0 unspecified atom stereocenters. The number of aliphatic hydroxyl groups is 4. The van der Waals surface area contributed by atoms with Crippen molar-refractivity contribution in [2.45, 2.75) is 124 Å².